The van der Waals surface area contributed by atoms with Crippen LogP contribution in [0.2, 0.25) is 0 Å². The fraction of sp³-hybridized carbons (Fsp3) is 0.625. The third-order valence-electron chi connectivity index (χ3n) is 2.47. The van der Waals surface area contributed by atoms with E-state index in [1.54, 1.807) is 4.90 Å². The number of nitrogens with zero attached hydrogens (tertiary/aromatic N) is 3. The van der Waals surface area contributed by atoms with Gasteiger partial charge in [-0.25, -0.2) is 4.63 Å². The zero-order valence-corrected chi connectivity index (χ0v) is 8.09. The highest BCUT2D eigenvalue weighted by Crippen LogP contribution is 2.14. The van der Waals surface area contributed by atoms with Gasteiger partial charge in [-0.15, -0.1) is 0 Å². The van der Waals surface area contributed by atoms with E-state index in [1.165, 1.54) is 0 Å². The Morgan fingerprint density at radius 1 is 1.47 bits per heavy atom. The van der Waals surface area contributed by atoms with Crippen LogP contribution in [0.4, 0.5) is 5.82 Å². The van der Waals surface area contributed by atoms with Gasteiger partial charge >= 0.3 is 0 Å². The molecule has 15 heavy (non-hydrogen) atoms. The maximum atomic E-state index is 11.8. The minimum atomic E-state index is -0.318. The summed E-state index contributed by atoms with van der Waals surface area (Å²) in [6, 6.07) is 0. The van der Waals surface area contributed by atoms with E-state index in [9.17, 15) is 9.90 Å². The minimum absolute atomic E-state index is 0.00567. The molecular weight excluding hydrogens is 200 g/mol. The van der Waals surface area contributed by atoms with E-state index >= 15 is 0 Å². The van der Waals surface area contributed by atoms with Crippen LogP contribution in [0.5, 0.6) is 0 Å². The number of rotatable bonds is 1. The normalized spacial score (nSPS) is 18.1. The van der Waals surface area contributed by atoms with Gasteiger partial charge in [0.2, 0.25) is 11.5 Å². The first-order chi connectivity index (χ1) is 7.18. The average Bonchev–Trinajstić information content (AvgIpc) is 2.65. The Bertz CT molecular complexity index is 357. The Morgan fingerprint density at radius 2 is 2.13 bits per heavy atom. The van der Waals surface area contributed by atoms with Gasteiger partial charge in [0.1, 0.15) is 0 Å². The number of hydrogen-bond acceptors (Lipinski definition) is 6. The number of nitrogens with two attached hydrogens (primary N) is 1. The van der Waals surface area contributed by atoms with Gasteiger partial charge in [-0.05, 0) is 23.2 Å². The maximum absolute atomic E-state index is 11.8. The molecule has 0 spiro atoms. The van der Waals surface area contributed by atoms with Crippen LogP contribution in [0.1, 0.15) is 23.3 Å². The number of aliphatic hydroxyl groups is 1. The minimum Gasteiger partial charge on any atom is -0.393 e. The van der Waals surface area contributed by atoms with E-state index in [-0.39, 0.29) is 23.5 Å². The van der Waals surface area contributed by atoms with Crippen molar-refractivity contribution in [3.63, 3.8) is 0 Å². The van der Waals surface area contributed by atoms with Crippen LogP contribution in [0.15, 0.2) is 4.63 Å². The number of piperidine rings is 1. The molecular formula is C8H12N4O3. The Kier molecular flexibility index (Phi) is 2.55. The SMILES string of the molecule is Nc1nonc1C(=O)N1CCC(O)CC1. The van der Waals surface area contributed by atoms with Crippen LogP contribution < -0.4 is 5.73 Å². The van der Waals surface area contributed by atoms with Crippen LogP contribution in [-0.4, -0.2) is 45.4 Å². The molecule has 1 aliphatic rings. The van der Waals surface area contributed by atoms with Crippen molar-refractivity contribution in [2.45, 2.75) is 18.9 Å². The Hall–Kier alpha value is -1.63. The van der Waals surface area contributed by atoms with Crippen molar-refractivity contribution in [3.05, 3.63) is 5.69 Å². The number of anilines is 1. The van der Waals surface area contributed by atoms with Crippen LogP contribution >= 0.6 is 0 Å². The first kappa shape index (κ1) is 9.91. The topological polar surface area (TPSA) is 105 Å². The second-order valence-corrected chi connectivity index (χ2v) is 3.52. The summed E-state index contributed by atoms with van der Waals surface area (Å²) in [7, 11) is 0. The molecule has 0 radical (unpaired) electrons. The van der Waals surface area contributed by atoms with Gasteiger partial charge in [0, 0.05) is 13.1 Å². The van der Waals surface area contributed by atoms with Crippen LogP contribution in [0, 0.1) is 0 Å². The quantitative estimate of drug-likeness (QED) is 0.634. The molecule has 2 rings (SSSR count). The van der Waals surface area contributed by atoms with Gasteiger partial charge < -0.3 is 15.7 Å². The fourth-order valence-electron chi connectivity index (χ4n) is 1.56. The van der Waals surface area contributed by atoms with E-state index < -0.39 is 0 Å². The van der Waals surface area contributed by atoms with Gasteiger partial charge in [-0.1, -0.05) is 0 Å². The molecule has 0 atom stereocenters. The van der Waals surface area contributed by atoms with E-state index in [1.807, 2.05) is 0 Å². The van der Waals surface area contributed by atoms with Crippen molar-refractivity contribution in [2.24, 2.45) is 0 Å². The van der Waals surface area contributed by atoms with Crippen LogP contribution in [0.3, 0.4) is 0 Å². The Balaban J connectivity index is 2.06. The summed E-state index contributed by atoms with van der Waals surface area (Å²) in [5.74, 6) is -0.285. The van der Waals surface area contributed by atoms with Gasteiger partial charge in [0.05, 0.1) is 6.10 Å². The first-order valence-corrected chi connectivity index (χ1v) is 4.74. The highest BCUT2D eigenvalue weighted by Gasteiger charge is 2.26. The third kappa shape index (κ3) is 1.91. The lowest BCUT2D eigenvalue weighted by Gasteiger charge is -2.28. The number of amides is 1. The molecule has 1 aromatic rings. The molecule has 0 saturated carbocycles. The summed E-state index contributed by atoms with van der Waals surface area (Å²) in [6.07, 6.45) is 0.843. The zero-order valence-electron chi connectivity index (χ0n) is 8.09. The molecule has 82 valence electrons. The van der Waals surface area contributed by atoms with E-state index in [2.05, 4.69) is 14.9 Å². The van der Waals surface area contributed by atoms with Crippen molar-refractivity contribution < 1.29 is 14.5 Å². The second kappa shape index (κ2) is 3.85. The lowest BCUT2D eigenvalue weighted by atomic mass is 10.1. The number of aromatic nitrogens is 2. The molecule has 1 fully saturated rings. The van der Waals surface area contributed by atoms with Crippen molar-refractivity contribution in [3.8, 4) is 0 Å². The number of nitrogen functional groups attached to an aromatic ring is 1. The predicted molar refractivity (Wildman–Crippen MR) is 49.9 cm³/mol. The lowest BCUT2D eigenvalue weighted by Crippen LogP contribution is -2.40. The maximum Gasteiger partial charge on any atom is 0.280 e. The number of hydrogen-bond donors (Lipinski definition) is 2. The summed E-state index contributed by atoms with van der Waals surface area (Å²) in [5, 5.41) is 16.1. The molecule has 0 unspecified atom stereocenters. The molecule has 1 saturated heterocycles. The summed E-state index contributed by atoms with van der Waals surface area (Å²) < 4.78 is 4.36. The smallest absolute Gasteiger partial charge is 0.280 e. The molecule has 0 bridgehead atoms. The number of likely N-dealkylation sites (tertiary alicyclic amines) is 1. The van der Waals surface area contributed by atoms with E-state index in [0.29, 0.717) is 25.9 Å². The zero-order chi connectivity index (χ0) is 10.8. The summed E-state index contributed by atoms with van der Waals surface area (Å²) >= 11 is 0. The van der Waals surface area contributed by atoms with Gasteiger partial charge in [-0.2, -0.15) is 0 Å². The first-order valence-electron chi connectivity index (χ1n) is 4.74. The molecule has 7 nitrogen and oxygen atoms in total. The third-order valence-corrected chi connectivity index (χ3v) is 2.47. The van der Waals surface area contributed by atoms with Crippen molar-refractivity contribution >= 4 is 11.7 Å². The van der Waals surface area contributed by atoms with Crippen LogP contribution in [-0.2, 0) is 0 Å². The van der Waals surface area contributed by atoms with Gasteiger partial charge in [-0.3, -0.25) is 4.79 Å². The molecule has 1 aliphatic heterocycles. The summed E-state index contributed by atoms with van der Waals surface area (Å²) in [6.45, 7) is 1.01. The van der Waals surface area contributed by atoms with Crippen molar-refractivity contribution in [1.82, 2.24) is 15.2 Å². The average molecular weight is 212 g/mol. The monoisotopic (exact) mass is 212 g/mol. The fourth-order valence-corrected chi connectivity index (χ4v) is 1.56. The molecule has 7 heteroatoms. The number of carbonyl (C=O) groups excluding carboxylic acids is 1. The molecule has 3 N–H and O–H groups in total. The highest BCUT2D eigenvalue weighted by molar-refractivity contribution is 5.96. The van der Waals surface area contributed by atoms with Crippen LogP contribution in [0.25, 0.3) is 0 Å². The molecule has 1 aromatic heterocycles. The predicted octanol–water partition coefficient (Wildman–Crippen LogP) is -0.751. The number of aliphatic hydroxyl groups excluding tert-OH is 1. The lowest BCUT2D eigenvalue weighted by molar-refractivity contribution is 0.0538. The molecule has 0 aromatic carbocycles. The van der Waals surface area contributed by atoms with E-state index in [4.69, 9.17) is 5.73 Å². The Morgan fingerprint density at radius 3 is 2.67 bits per heavy atom. The van der Waals surface area contributed by atoms with Crippen molar-refractivity contribution in [2.75, 3.05) is 18.8 Å². The van der Waals surface area contributed by atoms with Gasteiger partial charge in [0.15, 0.2) is 0 Å². The van der Waals surface area contributed by atoms with E-state index in [0.717, 1.165) is 0 Å². The molecule has 2 heterocycles. The van der Waals surface area contributed by atoms with Crippen molar-refractivity contribution in [1.29, 1.82) is 0 Å². The largest absolute Gasteiger partial charge is 0.393 e. The Labute approximate surface area is 85.8 Å². The van der Waals surface area contributed by atoms with Gasteiger partial charge in [0.25, 0.3) is 5.91 Å². The summed E-state index contributed by atoms with van der Waals surface area (Å²) in [4.78, 5) is 13.4. The highest BCUT2D eigenvalue weighted by atomic mass is 16.6. The number of carbonyl (C=O) groups is 1. The summed E-state index contributed by atoms with van der Waals surface area (Å²) in [5.41, 5.74) is 5.46. The molecule has 1 amide bonds. The second-order valence-electron chi connectivity index (χ2n) is 3.52. The standard InChI is InChI=1S/C8H12N4O3/c9-7-6(10-15-11-7)8(14)12-3-1-5(13)2-4-12/h5,13H,1-4H2,(H2,9,11). The molecule has 0 aliphatic carbocycles.